The first-order valence-corrected chi connectivity index (χ1v) is 8.28. The van der Waals surface area contributed by atoms with Gasteiger partial charge in [-0.15, -0.1) is 0 Å². The van der Waals surface area contributed by atoms with Gasteiger partial charge in [0.15, 0.2) is 0 Å². The highest BCUT2D eigenvalue weighted by atomic mass is 16.5. The Labute approximate surface area is 142 Å². The number of β-amino-alcohol motifs (C(OH)–C–C–N with tert-alkyl or cyclic N) is 1. The Bertz CT molecular complexity index is 574. The van der Waals surface area contributed by atoms with Crippen LogP contribution in [0, 0.1) is 0 Å². The summed E-state index contributed by atoms with van der Waals surface area (Å²) in [4.78, 5) is 26.9. The molecule has 0 bridgehead atoms. The van der Waals surface area contributed by atoms with Gasteiger partial charge in [-0.3, -0.25) is 4.79 Å². The lowest BCUT2D eigenvalue weighted by Gasteiger charge is -2.27. The molecule has 2 saturated heterocycles. The highest BCUT2D eigenvalue weighted by molar-refractivity contribution is 5.94. The van der Waals surface area contributed by atoms with Gasteiger partial charge < -0.3 is 24.5 Å². The molecule has 1 unspecified atom stereocenters. The number of hydrogen-bond acceptors (Lipinski definition) is 7. The van der Waals surface area contributed by atoms with Crippen LogP contribution >= 0.6 is 0 Å². The standard InChI is InChI=1S/C16H25N5O3/c1-19(2)11-16(23)3-4-21(12-16)14(22)13-9-17-15(18-10-13)20-5-7-24-8-6-20/h9-10,23H,3-8,11-12H2,1-2H3. The van der Waals surface area contributed by atoms with Crippen LogP contribution in [-0.2, 0) is 4.74 Å². The minimum Gasteiger partial charge on any atom is -0.387 e. The fourth-order valence-electron chi connectivity index (χ4n) is 3.29. The van der Waals surface area contributed by atoms with Crippen LogP contribution in [0.1, 0.15) is 16.8 Å². The van der Waals surface area contributed by atoms with E-state index in [2.05, 4.69) is 9.97 Å². The van der Waals surface area contributed by atoms with E-state index in [1.165, 1.54) is 0 Å². The van der Waals surface area contributed by atoms with Gasteiger partial charge in [0.25, 0.3) is 5.91 Å². The summed E-state index contributed by atoms with van der Waals surface area (Å²) in [5.41, 5.74) is -0.380. The number of hydrogen-bond donors (Lipinski definition) is 1. The number of carbonyl (C=O) groups excluding carboxylic acids is 1. The monoisotopic (exact) mass is 335 g/mol. The number of likely N-dealkylation sites (N-methyl/N-ethyl adjacent to an activating group) is 1. The Morgan fingerprint density at radius 3 is 2.58 bits per heavy atom. The SMILES string of the molecule is CN(C)CC1(O)CCN(C(=O)c2cnc(N3CCOCC3)nc2)C1. The first-order chi connectivity index (χ1) is 11.5. The minimum absolute atomic E-state index is 0.127. The number of aliphatic hydroxyl groups is 1. The van der Waals surface area contributed by atoms with Crippen molar-refractivity contribution < 1.29 is 14.6 Å². The maximum absolute atomic E-state index is 12.6. The third kappa shape index (κ3) is 3.82. The minimum atomic E-state index is -0.840. The lowest BCUT2D eigenvalue weighted by Crippen LogP contribution is -2.43. The summed E-state index contributed by atoms with van der Waals surface area (Å²) in [7, 11) is 3.83. The summed E-state index contributed by atoms with van der Waals surface area (Å²) < 4.78 is 5.31. The molecule has 0 saturated carbocycles. The molecular weight excluding hydrogens is 310 g/mol. The Morgan fingerprint density at radius 1 is 1.29 bits per heavy atom. The van der Waals surface area contributed by atoms with Gasteiger partial charge >= 0.3 is 0 Å². The van der Waals surface area contributed by atoms with Crippen molar-refractivity contribution in [1.82, 2.24) is 19.8 Å². The number of morpholine rings is 1. The Kier molecular flexibility index (Phi) is 4.98. The summed E-state index contributed by atoms with van der Waals surface area (Å²) in [6, 6.07) is 0. The highest BCUT2D eigenvalue weighted by Crippen LogP contribution is 2.23. The number of aromatic nitrogens is 2. The molecule has 0 aromatic carbocycles. The van der Waals surface area contributed by atoms with E-state index in [1.807, 2.05) is 23.9 Å². The molecule has 3 heterocycles. The summed E-state index contributed by atoms with van der Waals surface area (Å²) in [5.74, 6) is 0.499. The third-order valence-electron chi connectivity index (χ3n) is 4.41. The maximum atomic E-state index is 12.6. The van der Waals surface area contributed by atoms with E-state index in [-0.39, 0.29) is 5.91 Å². The van der Waals surface area contributed by atoms with Gasteiger partial charge in [-0.05, 0) is 20.5 Å². The third-order valence-corrected chi connectivity index (χ3v) is 4.41. The van der Waals surface area contributed by atoms with E-state index >= 15 is 0 Å². The van der Waals surface area contributed by atoms with E-state index in [0.29, 0.717) is 50.8 Å². The predicted molar refractivity (Wildman–Crippen MR) is 89.1 cm³/mol. The first kappa shape index (κ1) is 17.1. The zero-order chi connectivity index (χ0) is 17.2. The number of carbonyl (C=O) groups is 1. The second-order valence-corrected chi connectivity index (χ2v) is 6.81. The van der Waals surface area contributed by atoms with Crippen molar-refractivity contribution in [3.8, 4) is 0 Å². The molecule has 1 aromatic rings. The predicted octanol–water partition coefficient (Wildman–Crippen LogP) is -0.548. The van der Waals surface area contributed by atoms with Crippen LogP contribution in [0.15, 0.2) is 12.4 Å². The van der Waals surface area contributed by atoms with Crippen LogP contribution in [-0.4, -0.2) is 96.4 Å². The van der Waals surface area contributed by atoms with Crippen molar-refractivity contribution in [3.05, 3.63) is 18.0 Å². The fraction of sp³-hybridized carbons (Fsp3) is 0.688. The molecular formula is C16H25N5O3. The van der Waals surface area contributed by atoms with Crippen LogP contribution in [0.2, 0.25) is 0 Å². The Hall–Kier alpha value is -1.77. The van der Waals surface area contributed by atoms with Crippen molar-refractivity contribution in [3.63, 3.8) is 0 Å². The summed E-state index contributed by atoms with van der Waals surface area (Å²) in [6.07, 6.45) is 3.73. The molecule has 2 aliphatic heterocycles. The maximum Gasteiger partial charge on any atom is 0.257 e. The largest absolute Gasteiger partial charge is 0.387 e. The highest BCUT2D eigenvalue weighted by Gasteiger charge is 2.38. The zero-order valence-corrected chi connectivity index (χ0v) is 14.3. The normalized spacial score (nSPS) is 24.7. The lowest BCUT2D eigenvalue weighted by molar-refractivity contribution is 0.0236. The van der Waals surface area contributed by atoms with Gasteiger partial charge in [0.1, 0.15) is 0 Å². The molecule has 3 rings (SSSR count). The second kappa shape index (κ2) is 7.00. The van der Waals surface area contributed by atoms with Crippen LogP contribution in [0.5, 0.6) is 0 Å². The summed E-state index contributed by atoms with van der Waals surface area (Å²) in [6.45, 7) is 4.30. The molecule has 24 heavy (non-hydrogen) atoms. The number of rotatable bonds is 4. The van der Waals surface area contributed by atoms with Crippen molar-refractivity contribution >= 4 is 11.9 Å². The first-order valence-electron chi connectivity index (χ1n) is 8.28. The number of amides is 1. The van der Waals surface area contributed by atoms with Gasteiger partial charge in [0, 0.05) is 38.6 Å². The van der Waals surface area contributed by atoms with Crippen LogP contribution in [0.3, 0.4) is 0 Å². The van der Waals surface area contributed by atoms with Crippen LogP contribution in [0.25, 0.3) is 0 Å². The topological polar surface area (TPSA) is 82.0 Å². The Morgan fingerprint density at radius 2 is 1.96 bits per heavy atom. The smallest absolute Gasteiger partial charge is 0.257 e. The number of anilines is 1. The number of nitrogens with zero attached hydrogens (tertiary/aromatic N) is 5. The molecule has 132 valence electrons. The molecule has 0 radical (unpaired) electrons. The van der Waals surface area contributed by atoms with Crippen molar-refractivity contribution in [2.24, 2.45) is 0 Å². The van der Waals surface area contributed by atoms with E-state index in [9.17, 15) is 9.90 Å². The average Bonchev–Trinajstić information content (AvgIpc) is 2.96. The molecule has 0 spiro atoms. The molecule has 2 fully saturated rings. The molecule has 1 atom stereocenters. The van der Waals surface area contributed by atoms with Gasteiger partial charge in [-0.1, -0.05) is 0 Å². The van der Waals surface area contributed by atoms with Gasteiger partial charge in [0.05, 0.1) is 30.9 Å². The molecule has 0 aliphatic carbocycles. The van der Waals surface area contributed by atoms with E-state index < -0.39 is 5.60 Å². The molecule has 1 N–H and O–H groups in total. The second-order valence-electron chi connectivity index (χ2n) is 6.81. The van der Waals surface area contributed by atoms with Gasteiger partial charge in [-0.2, -0.15) is 0 Å². The van der Waals surface area contributed by atoms with E-state index in [1.54, 1.807) is 17.3 Å². The average molecular weight is 335 g/mol. The molecule has 2 aliphatic rings. The number of ether oxygens (including phenoxy) is 1. The quantitative estimate of drug-likeness (QED) is 0.791. The zero-order valence-electron chi connectivity index (χ0n) is 14.3. The van der Waals surface area contributed by atoms with Gasteiger partial charge in [0.2, 0.25) is 5.95 Å². The van der Waals surface area contributed by atoms with Crippen molar-refractivity contribution in [2.45, 2.75) is 12.0 Å². The summed E-state index contributed by atoms with van der Waals surface area (Å²) >= 11 is 0. The van der Waals surface area contributed by atoms with E-state index in [4.69, 9.17) is 4.74 Å². The van der Waals surface area contributed by atoms with Crippen LogP contribution < -0.4 is 4.90 Å². The van der Waals surface area contributed by atoms with E-state index in [0.717, 1.165) is 13.1 Å². The molecule has 8 heteroatoms. The molecule has 1 amide bonds. The number of likely N-dealkylation sites (tertiary alicyclic amines) is 1. The lowest BCUT2D eigenvalue weighted by atomic mass is 10.0. The summed E-state index contributed by atoms with van der Waals surface area (Å²) in [5, 5.41) is 10.6. The molecule has 1 aromatic heterocycles. The van der Waals surface area contributed by atoms with Crippen molar-refractivity contribution in [2.75, 3.05) is 64.9 Å². The Balaban J connectivity index is 1.63. The van der Waals surface area contributed by atoms with Crippen LogP contribution in [0.4, 0.5) is 5.95 Å². The van der Waals surface area contributed by atoms with Crippen molar-refractivity contribution in [1.29, 1.82) is 0 Å². The fourth-order valence-corrected chi connectivity index (χ4v) is 3.29. The van der Waals surface area contributed by atoms with Gasteiger partial charge in [-0.25, -0.2) is 9.97 Å². The molecule has 8 nitrogen and oxygen atoms in total.